The molecule has 98 valence electrons. The Morgan fingerprint density at radius 2 is 2.17 bits per heavy atom. The second kappa shape index (κ2) is 4.84. The van der Waals surface area contributed by atoms with Crippen LogP contribution in [-0.2, 0) is 4.79 Å². The Hall–Kier alpha value is -2.42. The number of amides is 1. The topological polar surface area (TPSA) is 146 Å². The minimum absolute atomic E-state index is 0.0945. The number of aromatic amines is 1. The first-order valence-corrected chi connectivity index (χ1v) is 4.81. The molecule has 0 saturated carbocycles. The number of carbonyl (C=O) groups excluding carboxylic acids is 1. The van der Waals surface area contributed by atoms with Crippen LogP contribution < -0.4 is 5.32 Å². The highest BCUT2D eigenvalue weighted by atomic mass is 16.6. The molecule has 0 aliphatic heterocycles. The Kier molecular flexibility index (Phi) is 3.67. The van der Waals surface area contributed by atoms with Crippen LogP contribution in [0.15, 0.2) is 12.1 Å². The SMILES string of the molecule is CC(O)(CNC(=O)c1ccc([N+](=O)[O-])[nH]1)C(=O)O. The predicted octanol–water partition coefficient (Wildman–Crippen LogP) is -0.512. The van der Waals surface area contributed by atoms with Gasteiger partial charge in [-0.15, -0.1) is 0 Å². The van der Waals surface area contributed by atoms with E-state index in [4.69, 9.17) is 5.11 Å². The van der Waals surface area contributed by atoms with Crippen LogP contribution in [0, 0.1) is 10.1 Å². The summed E-state index contributed by atoms with van der Waals surface area (Å²) in [7, 11) is 0. The average Bonchev–Trinajstić information content (AvgIpc) is 2.75. The number of H-pyrrole nitrogens is 1. The molecule has 0 saturated heterocycles. The standard InChI is InChI=1S/C9H11N3O6/c1-9(16,8(14)15)4-10-7(13)5-2-3-6(11-5)12(17)18/h2-3,11,16H,4H2,1H3,(H,10,13)(H,14,15). The van der Waals surface area contributed by atoms with Crippen molar-refractivity contribution in [2.45, 2.75) is 12.5 Å². The Morgan fingerprint density at radius 3 is 2.61 bits per heavy atom. The fourth-order valence-electron chi connectivity index (χ4n) is 1.05. The molecular weight excluding hydrogens is 246 g/mol. The molecule has 1 aromatic rings. The van der Waals surface area contributed by atoms with Gasteiger partial charge in [0, 0.05) is 6.07 Å². The van der Waals surface area contributed by atoms with Gasteiger partial charge in [0.2, 0.25) is 0 Å². The third-order valence-corrected chi connectivity index (χ3v) is 2.17. The van der Waals surface area contributed by atoms with Gasteiger partial charge in [0.1, 0.15) is 0 Å². The van der Waals surface area contributed by atoms with E-state index >= 15 is 0 Å². The minimum Gasteiger partial charge on any atom is -0.479 e. The molecule has 0 aliphatic carbocycles. The minimum atomic E-state index is -2.10. The normalized spacial score (nSPS) is 13.7. The first-order valence-electron chi connectivity index (χ1n) is 4.81. The molecule has 0 bridgehead atoms. The molecule has 9 nitrogen and oxygen atoms in total. The third kappa shape index (κ3) is 3.04. The van der Waals surface area contributed by atoms with Crippen LogP contribution >= 0.6 is 0 Å². The van der Waals surface area contributed by atoms with E-state index < -0.39 is 28.9 Å². The van der Waals surface area contributed by atoms with Gasteiger partial charge in [-0.05, 0) is 17.9 Å². The molecule has 0 aromatic carbocycles. The Labute approximate surface area is 101 Å². The van der Waals surface area contributed by atoms with Crippen molar-refractivity contribution in [1.29, 1.82) is 0 Å². The molecule has 1 atom stereocenters. The lowest BCUT2D eigenvalue weighted by Gasteiger charge is -2.17. The number of nitro groups is 1. The summed E-state index contributed by atoms with van der Waals surface area (Å²) in [6.07, 6.45) is 0. The third-order valence-electron chi connectivity index (χ3n) is 2.17. The number of aliphatic hydroxyl groups is 1. The largest absolute Gasteiger partial charge is 0.479 e. The number of carboxylic acid groups (broad SMARTS) is 1. The number of carboxylic acids is 1. The van der Waals surface area contributed by atoms with Gasteiger partial charge in [-0.25, -0.2) is 9.78 Å². The number of carbonyl (C=O) groups is 2. The molecule has 4 N–H and O–H groups in total. The first kappa shape index (κ1) is 13.6. The predicted molar refractivity (Wildman–Crippen MR) is 58.0 cm³/mol. The molecule has 9 heteroatoms. The van der Waals surface area contributed by atoms with Gasteiger partial charge in [0.25, 0.3) is 5.91 Å². The average molecular weight is 257 g/mol. The highest BCUT2D eigenvalue weighted by Crippen LogP contribution is 2.10. The van der Waals surface area contributed by atoms with Crippen molar-refractivity contribution in [3.05, 3.63) is 27.9 Å². The highest BCUT2D eigenvalue weighted by Gasteiger charge is 2.30. The number of nitrogens with zero attached hydrogens (tertiary/aromatic N) is 1. The van der Waals surface area contributed by atoms with Crippen molar-refractivity contribution in [2.24, 2.45) is 0 Å². The zero-order chi connectivity index (χ0) is 13.9. The number of nitrogens with one attached hydrogen (secondary N) is 2. The number of rotatable bonds is 5. The smallest absolute Gasteiger partial charge is 0.337 e. The van der Waals surface area contributed by atoms with Crippen LogP contribution in [0.25, 0.3) is 0 Å². The molecule has 0 spiro atoms. The monoisotopic (exact) mass is 257 g/mol. The van der Waals surface area contributed by atoms with Crippen molar-refractivity contribution >= 4 is 17.7 Å². The molecule has 1 aromatic heterocycles. The second-order valence-corrected chi connectivity index (χ2v) is 3.78. The number of aliphatic carboxylic acids is 1. The van der Waals surface area contributed by atoms with Crippen LogP contribution in [-0.4, -0.2) is 44.1 Å². The summed E-state index contributed by atoms with van der Waals surface area (Å²) >= 11 is 0. The van der Waals surface area contributed by atoms with Crippen molar-refractivity contribution < 1.29 is 24.7 Å². The van der Waals surface area contributed by atoms with Crippen molar-refractivity contribution in [1.82, 2.24) is 10.3 Å². The van der Waals surface area contributed by atoms with Gasteiger partial charge >= 0.3 is 11.8 Å². The van der Waals surface area contributed by atoms with E-state index in [9.17, 15) is 24.8 Å². The number of aromatic nitrogens is 1. The maximum absolute atomic E-state index is 11.5. The summed E-state index contributed by atoms with van der Waals surface area (Å²) < 4.78 is 0. The molecule has 0 fully saturated rings. The molecule has 1 heterocycles. The van der Waals surface area contributed by atoms with Crippen LogP contribution in [0.3, 0.4) is 0 Å². The van der Waals surface area contributed by atoms with Crippen LogP contribution in [0.5, 0.6) is 0 Å². The van der Waals surface area contributed by atoms with Gasteiger partial charge in [-0.1, -0.05) is 0 Å². The fourth-order valence-corrected chi connectivity index (χ4v) is 1.05. The van der Waals surface area contributed by atoms with E-state index in [2.05, 4.69) is 10.3 Å². The van der Waals surface area contributed by atoms with Gasteiger partial charge in [-0.3, -0.25) is 4.79 Å². The first-order chi connectivity index (χ1) is 8.24. The van der Waals surface area contributed by atoms with E-state index in [-0.39, 0.29) is 11.5 Å². The van der Waals surface area contributed by atoms with Gasteiger partial charge in [0.05, 0.1) is 6.54 Å². The zero-order valence-corrected chi connectivity index (χ0v) is 9.34. The summed E-state index contributed by atoms with van der Waals surface area (Å²) in [5.41, 5.74) is -2.20. The maximum Gasteiger partial charge on any atom is 0.337 e. The molecule has 0 aliphatic rings. The second-order valence-electron chi connectivity index (χ2n) is 3.78. The Bertz CT molecular complexity index is 492. The fraction of sp³-hybridized carbons (Fsp3) is 0.333. The van der Waals surface area contributed by atoms with E-state index in [1.54, 1.807) is 0 Å². The van der Waals surface area contributed by atoms with Crippen molar-refractivity contribution in [2.75, 3.05) is 6.54 Å². The summed E-state index contributed by atoms with van der Waals surface area (Å²) in [6.45, 7) is 0.501. The van der Waals surface area contributed by atoms with Crippen LogP contribution in [0.1, 0.15) is 17.4 Å². The molecule has 18 heavy (non-hydrogen) atoms. The Balaban J connectivity index is 2.66. The van der Waals surface area contributed by atoms with E-state index in [1.807, 2.05) is 0 Å². The molecule has 1 unspecified atom stereocenters. The highest BCUT2D eigenvalue weighted by molar-refractivity contribution is 5.93. The number of hydrogen-bond acceptors (Lipinski definition) is 5. The molecule has 1 amide bonds. The van der Waals surface area contributed by atoms with Crippen molar-refractivity contribution in [3.63, 3.8) is 0 Å². The molecule has 0 radical (unpaired) electrons. The van der Waals surface area contributed by atoms with E-state index in [1.165, 1.54) is 6.07 Å². The Morgan fingerprint density at radius 1 is 1.56 bits per heavy atom. The van der Waals surface area contributed by atoms with Crippen LogP contribution in [0.2, 0.25) is 0 Å². The molecular formula is C9H11N3O6. The number of hydrogen-bond donors (Lipinski definition) is 4. The quantitative estimate of drug-likeness (QED) is 0.412. The summed E-state index contributed by atoms with van der Waals surface area (Å²) in [6, 6.07) is 2.28. The van der Waals surface area contributed by atoms with Crippen molar-refractivity contribution in [3.8, 4) is 0 Å². The van der Waals surface area contributed by atoms with Gasteiger partial charge in [-0.2, -0.15) is 0 Å². The van der Waals surface area contributed by atoms with Gasteiger partial charge < -0.3 is 25.6 Å². The summed E-state index contributed by atoms with van der Waals surface area (Å²) in [4.78, 5) is 33.9. The van der Waals surface area contributed by atoms with E-state index in [0.717, 1.165) is 13.0 Å². The zero-order valence-electron chi connectivity index (χ0n) is 9.34. The van der Waals surface area contributed by atoms with Crippen LogP contribution in [0.4, 0.5) is 5.82 Å². The lowest BCUT2D eigenvalue weighted by atomic mass is 10.1. The summed E-state index contributed by atoms with van der Waals surface area (Å²) in [5.74, 6) is -2.59. The lowest BCUT2D eigenvalue weighted by Crippen LogP contribution is -2.46. The lowest BCUT2D eigenvalue weighted by molar-refractivity contribution is -0.389. The summed E-state index contributed by atoms with van der Waals surface area (Å²) in [5, 5.41) is 30.5. The van der Waals surface area contributed by atoms with E-state index in [0.29, 0.717) is 0 Å². The van der Waals surface area contributed by atoms with Gasteiger partial charge in [0.15, 0.2) is 11.3 Å². The maximum atomic E-state index is 11.5. The molecule has 1 rings (SSSR count).